The van der Waals surface area contributed by atoms with Crippen molar-refractivity contribution < 1.29 is 13.9 Å². The second-order valence-electron chi connectivity index (χ2n) is 4.06. The van der Waals surface area contributed by atoms with E-state index in [1.165, 1.54) is 18.2 Å². The number of halogens is 3. The third-order valence-electron chi connectivity index (χ3n) is 2.69. The second-order valence-corrected chi connectivity index (χ2v) is 4.92. The molecular formula is C14H12BrF2NO. The monoisotopic (exact) mass is 327 g/mol. The van der Waals surface area contributed by atoms with Gasteiger partial charge < -0.3 is 10.4 Å². The van der Waals surface area contributed by atoms with E-state index < -0.39 is 6.04 Å². The largest absolute Gasteiger partial charge is 0.394 e. The highest BCUT2D eigenvalue weighted by Gasteiger charge is 2.12. The number of anilines is 1. The fraction of sp³-hybridized carbons (Fsp3) is 0.143. The standard InChI is InChI=1S/C14H12BrF2NO/c15-12-6-9(4-5-13(12)17)14(8-19)18-11-3-1-2-10(16)7-11/h1-7,14,18-19H,8H2. The van der Waals surface area contributed by atoms with Crippen molar-refractivity contribution >= 4 is 21.6 Å². The Morgan fingerprint density at radius 3 is 2.58 bits per heavy atom. The molecule has 2 rings (SSSR count). The van der Waals surface area contributed by atoms with Gasteiger partial charge in [0.05, 0.1) is 17.1 Å². The van der Waals surface area contributed by atoms with E-state index in [0.29, 0.717) is 15.7 Å². The predicted octanol–water partition coefficient (Wildman–Crippen LogP) is 3.87. The Balaban J connectivity index is 2.22. The Bertz CT molecular complexity index is 577. The van der Waals surface area contributed by atoms with Gasteiger partial charge in [-0.1, -0.05) is 12.1 Å². The highest BCUT2D eigenvalue weighted by Crippen LogP contribution is 2.24. The van der Waals surface area contributed by atoms with Gasteiger partial charge in [-0.05, 0) is 51.8 Å². The van der Waals surface area contributed by atoms with Gasteiger partial charge >= 0.3 is 0 Å². The van der Waals surface area contributed by atoms with Crippen molar-refractivity contribution in [3.8, 4) is 0 Å². The maximum Gasteiger partial charge on any atom is 0.137 e. The molecule has 0 aliphatic carbocycles. The first-order valence-electron chi connectivity index (χ1n) is 5.68. The summed E-state index contributed by atoms with van der Waals surface area (Å²) in [6, 6.07) is 10.00. The van der Waals surface area contributed by atoms with Crippen LogP contribution in [0.15, 0.2) is 46.9 Å². The van der Waals surface area contributed by atoms with E-state index in [1.54, 1.807) is 24.3 Å². The molecule has 0 heterocycles. The molecule has 19 heavy (non-hydrogen) atoms. The number of rotatable bonds is 4. The summed E-state index contributed by atoms with van der Waals surface area (Å²) < 4.78 is 26.6. The van der Waals surface area contributed by atoms with Crippen LogP contribution in [-0.2, 0) is 0 Å². The number of benzene rings is 2. The van der Waals surface area contributed by atoms with Crippen molar-refractivity contribution in [3.05, 3.63) is 64.1 Å². The maximum absolute atomic E-state index is 13.2. The van der Waals surface area contributed by atoms with Crippen LogP contribution >= 0.6 is 15.9 Å². The third-order valence-corrected chi connectivity index (χ3v) is 3.30. The van der Waals surface area contributed by atoms with Gasteiger partial charge in [-0.25, -0.2) is 8.78 Å². The number of hydrogen-bond acceptors (Lipinski definition) is 2. The molecule has 0 saturated carbocycles. The molecule has 0 amide bonds. The Morgan fingerprint density at radius 2 is 1.95 bits per heavy atom. The average Bonchev–Trinajstić information content (AvgIpc) is 2.39. The predicted molar refractivity (Wildman–Crippen MR) is 73.9 cm³/mol. The first-order valence-corrected chi connectivity index (χ1v) is 6.47. The van der Waals surface area contributed by atoms with Gasteiger partial charge in [-0.15, -0.1) is 0 Å². The van der Waals surface area contributed by atoms with Crippen LogP contribution < -0.4 is 5.32 Å². The summed E-state index contributed by atoms with van der Waals surface area (Å²) >= 11 is 3.10. The Hall–Kier alpha value is -1.46. The van der Waals surface area contributed by atoms with Gasteiger partial charge in [0.2, 0.25) is 0 Å². The summed E-state index contributed by atoms with van der Waals surface area (Å²) in [6.07, 6.45) is 0. The van der Waals surface area contributed by atoms with E-state index in [9.17, 15) is 13.9 Å². The van der Waals surface area contributed by atoms with Gasteiger partial charge in [0.15, 0.2) is 0 Å². The molecule has 0 aliphatic rings. The van der Waals surface area contributed by atoms with Crippen LogP contribution in [0.25, 0.3) is 0 Å². The normalized spacial score (nSPS) is 12.2. The quantitative estimate of drug-likeness (QED) is 0.893. The molecule has 0 fully saturated rings. The summed E-state index contributed by atoms with van der Waals surface area (Å²) in [7, 11) is 0. The molecule has 5 heteroatoms. The molecule has 0 spiro atoms. The van der Waals surface area contributed by atoms with Crippen LogP contribution in [0.5, 0.6) is 0 Å². The third kappa shape index (κ3) is 3.52. The molecule has 1 unspecified atom stereocenters. The molecule has 100 valence electrons. The Kier molecular flexibility index (Phi) is 4.50. The van der Waals surface area contributed by atoms with Crippen molar-refractivity contribution in [2.24, 2.45) is 0 Å². The van der Waals surface area contributed by atoms with Crippen LogP contribution in [0.2, 0.25) is 0 Å². The van der Waals surface area contributed by atoms with Crippen molar-refractivity contribution in [2.45, 2.75) is 6.04 Å². The van der Waals surface area contributed by atoms with E-state index in [1.807, 2.05) is 0 Å². The molecule has 0 saturated heterocycles. The second kappa shape index (κ2) is 6.12. The van der Waals surface area contributed by atoms with E-state index in [0.717, 1.165) is 0 Å². The van der Waals surface area contributed by atoms with Crippen LogP contribution in [0.1, 0.15) is 11.6 Å². The van der Waals surface area contributed by atoms with Crippen LogP contribution in [0.3, 0.4) is 0 Å². The average molecular weight is 328 g/mol. The molecular weight excluding hydrogens is 316 g/mol. The minimum atomic E-state index is -0.432. The zero-order valence-electron chi connectivity index (χ0n) is 9.91. The lowest BCUT2D eigenvalue weighted by Gasteiger charge is -2.18. The van der Waals surface area contributed by atoms with Gasteiger partial charge in [0, 0.05) is 5.69 Å². The lowest BCUT2D eigenvalue weighted by molar-refractivity contribution is 0.276. The molecule has 2 nitrogen and oxygen atoms in total. The van der Waals surface area contributed by atoms with Gasteiger partial charge in [0.25, 0.3) is 0 Å². The molecule has 2 aromatic carbocycles. The Labute approximate surface area is 118 Å². The number of aliphatic hydroxyl groups excluding tert-OH is 1. The van der Waals surface area contributed by atoms with Gasteiger partial charge in [-0.2, -0.15) is 0 Å². The zero-order valence-corrected chi connectivity index (χ0v) is 11.5. The van der Waals surface area contributed by atoms with Crippen molar-refractivity contribution in [1.29, 1.82) is 0 Å². The maximum atomic E-state index is 13.2. The molecule has 0 aliphatic heterocycles. The lowest BCUT2D eigenvalue weighted by Crippen LogP contribution is -2.15. The van der Waals surface area contributed by atoms with Crippen LogP contribution in [-0.4, -0.2) is 11.7 Å². The smallest absolute Gasteiger partial charge is 0.137 e. The van der Waals surface area contributed by atoms with E-state index in [-0.39, 0.29) is 18.2 Å². The molecule has 2 aromatic rings. The van der Waals surface area contributed by atoms with Gasteiger partial charge in [0.1, 0.15) is 11.6 Å². The first-order chi connectivity index (χ1) is 9.10. The summed E-state index contributed by atoms with van der Waals surface area (Å²) in [6.45, 7) is -0.186. The Morgan fingerprint density at radius 1 is 1.16 bits per heavy atom. The lowest BCUT2D eigenvalue weighted by atomic mass is 10.1. The van der Waals surface area contributed by atoms with E-state index in [2.05, 4.69) is 21.2 Å². The van der Waals surface area contributed by atoms with Crippen molar-refractivity contribution in [1.82, 2.24) is 0 Å². The molecule has 0 aromatic heterocycles. The first kappa shape index (κ1) is 14.0. The SMILES string of the molecule is OCC(Nc1cccc(F)c1)c1ccc(F)c(Br)c1. The molecule has 1 atom stereocenters. The van der Waals surface area contributed by atoms with Crippen LogP contribution in [0.4, 0.5) is 14.5 Å². The van der Waals surface area contributed by atoms with Crippen molar-refractivity contribution in [2.75, 3.05) is 11.9 Å². The van der Waals surface area contributed by atoms with Gasteiger partial charge in [-0.3, -0.25) is 0 Å². The molecule has 0 bridgehead atoms. The number of nitrogens with one attached hydrogen (secondary N) is 1. The minimum Gasteiger partial charge on any atom is -0.394 e. The summed E-state index contributed by atoms with van der Waals surface area (Å²) in [4.78, 5) is 0. The van der Waals surface area contributed by atoms with Crippen LogP contribution in [0, 0.1) is 11.6 Å². The highest BCUT2D eigenvalue weighted by atomic mass is 79.9. The summed E-state index contributed by atoms with van der Waals surface area (Å²) in [5.74, 6) is -0.729. The highest BCUT2D eigenvalue weighted by molar-refractivity contribution is 9.10. The number of hydrogen-bond donors (Lipinski definition) is 2. The molecule has 0 radical (unpaired) electrons. The summed E-state index contributed by atoms with van der Waals surface area (Å²) in [5.41, 5.74) is 1.26. The fourth-order valence-electron chi connectivity index (χ4n) is 1.74. The zero-order chi connectivity index (χ0) is 13.8. The topological polar surface area (TPSA) is 32.3 Å². The number of aliphatic hydroxyl groups is 1. The molecule has 2 N–H and O–H groups in total. The van der Waals surface area contributed by atoms with E-state index >= 15 is 0 Å². The van der Waals surface area contributed by atoms with E-state index in [4.69, 9.17) is 0 Å². The van der Waals surface area contributed by atoms with Crippen molar-refractivity contribution in [3.63, 3.8) is 0 Å². The fourth-order valence-corrected chi connectivity index (χ4v) is 2.14. The minimum absolute atomic E-state index is 0.186. The summed E-state index contributed by atoms with van der Waals surface area (Å²) in [5, 5.41) is 12.4.